The summed E-state index contributed by atoms with van der Waals surface area (Å²) >= 11 is 2.92. The molecule has 0 heterocycles. The zero-order valence-electron chi connectivity index (χ0n) is 9.39. The topological polar surface area (TPSA) is 66.8 Å². The van der Waals surface area contributed by atoms with Gasteiger partial charge in [-0.25, -0.2) is 0 Å². The summed E-state index contributed by atoms with van der Waals surface area (Å²) in [6, 6.07) is 2.97. The quantitative estimate of drug-likeness (QED) is 0.635. The van der Waals surface area contributed by atoms with E-state index in [9.17, 15) is 28.2 Å². The number of aldehydes is 1. The van der Waals surface area contributed by atoms with E-state index < -0.39 is 24.3 Å². The SMILES string of the molecule is O=Cc1cc(OC(F)(F)F)cc(C(O)C(O)CBr)c1. The first-order valence-corrected chi connectivity index (χ1v) is 6.17. The number of alkyl halides is 4. The zero-order chi connectivity index (χ0) is 14.6. The van der Waals surface area contributed by atoms with E-state index in [-0.39, 0.29) is 16.5 Å². The number of hydrogen-bond acceptors (Lipinski definition) is 4. The summed E-state index contributed by atoms with van der Waals surface area (Å²) in [5.74, 6) is -0.632. The standard InChI is InChI=1S/C11H10BrF3O4/c12-4-9(17)10(18)7-1-6(5-16)2-8(3-7)19-11(13,14)15/h1-3,5,9-10,17-18H,4H2. The molecular formula is C11H10BrF3O4. The van der Waals surface area contributed by atoms with Crippen LogP contribution in [-0.2, 0) is 0 Å². The highest BCUT2D eigenvalue weighted by Gasteiger charge is 2.31. The summed E-state index contributed by atoms with van der Waals surface area (Å²) in [7, 11) is 0. The minimum Gasteiger partial charge on any atom is -0.406 e. The molecule has 1 rings (SSSR count). The van der Waals surface area contributed by atoms with Crippen LogP contribution in [-0.4, -0.2) is 34.3 Å². The van der Waals surface area contributed by atoms with Crippen LogP contribution >= 0.6 is 15.9 Å². The molecule has 1 aromatic carbocycles. The molecule has 8 heteroatoms. The number of ether oxygens (including phenoxy) is 1. The van der Waals surface area contributed by atoms with E-state index in [2.05, 4.69) is 20.7 Å². The Labute approximate surface area is 114 Å². The van der Waals surface area contributed by atoms with Gasteiger partial charge >= 0.3 is 6.36 Å². The van der Waals surface area contributed by atoms with Crippen molar-refractivity contribution in [3.05, 3.63) is 29.3 Å². The molecule has 2 atom stereocenters. The summed E-state index contributed by atoms with van der Waals surface area (Å²) in [5, 5.41) is 19.1. The molecule has 0 saturated heterocycles. The van der Waals surface area contributed by atoms with Crippen molar-refractivity contribution in [1.82, 2.24) is 0 Å². The first kappa shape index (κ1) is 15.9. The Morgan fingerprint density at radius 3 is 2.42 bits per heavy atom. The van der Waals surface area contributed by atoms with Gasteiger partial charge in [0.15, 0.2) is 0 Å². The number of rotatable bonds is 5. The average Bonchev–Trinajstić information content (AvgIpc) is 2.34. The molecule has 0 fully saturated rings. The van der Waals surface area contributed by atoms with E-state index in [0.29, 0.717) is 6.29 Å². The van der Waals surface area contributed by atoms with E-state index in [4.69, 9.17) is 0 Å². The molecule has 0 radical (unpaired) electrons. The lowest BCUT2D eigenvalue weighted by Crippen LogP contribution is -2.21. The maximum Gasteiger partial charge on any atom is 0.573 e. The number of carbonyl (C=O) groups excluding carboxylic acids is 1. The minimum absolute atomic E-state index is 0.0228. The van der Waals surface area contributed by atoms with Gasteiger partial charge in [-0.1, -0.05) is 15.9 Å². The second-order valence-corrected chi connectivity index (χ2v) is 4.32. The van der Waals surface area contributed by atoms with Crippen molar-refractivity contribution in [2.45, 2.75) is 18.6 Å². The molecule has 1 aromatic rings. The summed E-state index contributed by atoms with van der Waals surface area (Å²) in [6.07, 6.45) is -7.24. The van der Waals surface area contributed by atoms with Crippen molar-refractivity contribution in [2.24, 2.45) is 0 Å². The molecule has 0 aromatic heterocycles. The normalized spacial score (nSPS) is 14.8. The molecule has 106 valence electrons. The van der Waals surface area contributed by atoms with E-state index in [1.165, 1.54) is 6.07 Å². The van der Waals surface area contributed by atoms with Crippen LogP contribution < -0.4 is 4.74 Å². The highest BCUT2D eigenvalue weighted by atomic mass is 79.9. The van der Waals surface area contributed by atoms with E-state index >= 15 is 0 Å². The average molecular weight is 343 g/mol. The van der Waals surface area contributed by atoms with Crippen LogP contribution in [0.25, 0.3) is 0 Å². The Kier molecular flexibility index (Phi) is 5.33. The summed E-state index contributed by atoms with van der Waals surface area (Å²) in [4.78, 5) is 10.6. The molecule has 0 aliphatic heterocycles. The van der Waals surface area contributed by atoms with Gasteiger partial charge in [0.2, 0.25) is 0 Å². The molecule has 0 aliphatic rings. The Bertz CT molecular complexity index is 450. The fourth-order valence-corrected chi connectivity index (χ4v) is 1.74. The molecular weight excluding hydrogens is 333 g/mol. The monoisotopic (exact) mass is 342 g/mol. The van der Waals surface area contributed by atoms with E-state index in [0.717, 1.165) is 12.1 Å². The smallest absolute Gasteiger partial charge is 0.406 e. The third kappa shape index (κ3) is 4.81. The Morgan fingerprint density at radius 2 is 1.95 bits per heavy atom. The van der Waals surface area contributed by atoms with Gasteiger partial charge in [-0.15, -0.1) is 13.2 Å². The molecule has 19 heavy (non-hydrogen) atoms. The zero-order valence-corrected chi connectivity index (χ0v) is 11.0. The number of hydrogen-bond donors (Lipinski definition) is 2. The van der Waals surface area contributed by atoms with Crippen LogP contribution in [0.2, 0.25) is 0 Å². The van der Waals surface area contributed by atoms with Gasteiger partial charge in [0.05, 0.1) is 6.10 Å². The van der Waals surface area contributed by atoms with Crippen molar-refractivity contribution in [2.75, 3.05) is 5.33 Å². The fourth-order valence-electron chi connectivity index (χ4n) is 1.38. The van der Waals surface area contributed by atoms with Gasteiger partial charge in [0.1, 0.15) is 18.1 Å². The minimum atomic E-state index is -4.90. The lowest BCUT2D eigenvalue weighted by atomic mass is 10.0. The highest BCUT2D eigenvalue weighted by Crippen LogP contribution is 2.28. The van der Waals surface area contributed by atoms with Crippen LogP contribution in [0.1, 0.15) is 22.0 Å². The largest absolute Gasteiger partial charge is 0.573 e. The molecule has 0 bridgehead atoms. The van der Waals surface area contributed by atoms with E-state index in [1.54, 1.807) is 0 Å². The third-order valence-electron chi connectivity index (χ3n) is 2.18. The highest BCUT2D eigenvalue weighted by molar-refractivity contribution is 9.09. The predicted octanol–water partition coefficient (Wildman–Crippen LogP) is 2.19. The van der Waals surface area contributed by atoms with Gasteiger partial charge in [0, 0.05) is 10.9 Å². The molecule has 2 unspecified atom stereocenters. The van der Waals surface area contributed by atoms with E-state index in [1.807, 2.05) is 0 Å². The molecule has 0 amide bonds. The van der Waals surface area contributed by atoms with Gasteiger partial charge in [0.25, 0.3) is 0 Å². The maximum absolute atomic E-state index is 12.1. The Balaban J connectivity index is 3.11. The number of carbonyl (C=O) groups is 1. The number of halogens is 4. The van der Waals surface area contributed by atoms with Crippen molar-refractivity contribution in [3.8, 4) is 5.75 Å². The Hall–Kier alpha value is -1.12. The lowest BCUT2D eigenvalue weighted by molar-refractivity contribution is -0.274. The van der Waals surface area contributed by atoms with Crippen LogP contribution in [0.3, 0.4) is 0 Å². The van der Waals surface area contributed by atoms with Crippen LogP contribution in [0.4, 0.5) is 13.2 Å². The first-order chi connectivity index (χ1) is 8.76. The van der Waals surface area contributed by atoms with Crippen molar-refractivity contribution >= 4 is 22.2 Å². The number of benzene rings is 1. The summed E-state index contributed by atoms with van der Waals surface area (Å²) < 4.78 is 40.0. The summed E-state index contributed by atoms with van der Waals surface area (Å²) in [6.45, 7) is 0. The number of aliphatic hydroxyl groups excluding tert-OH is 2. The molecule has 2 N–H and O–H groups in total. The van der Waals surface area contributed by atoms with Crippen molar-refractivity contribution < 1.29 is 32.9 Å². The molecule has 0 saturated carbocycles. The van der Waals surface area contributed by atoms with Crippen LogP contribution in [0.15, 0.2) is 18.2 Å². The third-order valence-corrected chi connectivity index (χ3v) is 2.85. The van der Waals surface area contributed by atoms with Crippen LogP contribution in [0.5, 0.6) is 5.75 Å². The van der Waals surface area contributed by atoms with Gasteiger partial charge in [-0.2, -0.15) is 0 Å². The van der Waals surface area contributed by atoms with Crippen molar-refractivity contribution in [3.63, 3.8) is 0 Å². The second kappa shape index (κ2) is 6.36. The summed E-state index contributed by atoms with van der Waals surface area (Å²) in [5.41, 5.74) is -0.145. The molecule has 0 aliphatic carbocycles. The number of aliphatic hydroxyl groups is 2. The lowest BCUT2D eigenvalue weighted by Gasteiger charge is -2.18. The predicted molar refractivity (Wildman–Crippen MR) is 63.3 cm³/mol. The Morgan fingerprint density at radius 1 is 1.32 bits per heavy atom. The fraction of sp³-hybridized carbons (Fsp3) is 0.364. The van der Waals surface area contributed by atoms with Gasteiger partial charge in [-0.3, -0.25) is 4.79 Å². The van der Waals surface area contributed by atoms with Gasteiger partial charge in [-0.05, 0) is 23.8 Å². The maximum atomic E-state index is 12.1. The second-order valence-electron chi connectivity index (χ2n) is 3.67. The van der Waals surface area contributed by atoms with Crippen molar-refractivity contribution in [1.29, 1.82) is 0 Å². The molecule has 0 spiro atoms. The first-order valence-electron chi connectivity index (χ1n) is 5.05. The van der Waals surface area contributed by atoms with Crippen LogP contribution in [0, 0.1) is 0 Å². The molecule has 4 nitrogen and oxygen atoms in total. The van der Waals surface area contributed by atoms with Gasteiger partial charge < -0.3 is 14.9 Å².